The van der Waals surface area contributed by atoms with Crippen molar-refractivity contribution in [2.24, 2.45) is 0 Å². The van der Waals surface area contributed by atoms with Crippen LogP contribution in [0.1, 0.15) is 37.7 Å². The lowest BCUT2D eigenvalue weighted by Gasteiger charge is -2.46. The van der Waals surface area contributed by atoms with Crippen molar-refractivity contribution in [2.45, 2.75) is 43.8 Å². The number of ether oxygens (including phenoxy) is 2. The number of carbonyl (C=O) groups is 1. The fraction of sp³-hybridized carbons (Fsp3) is 0.471. The molecule has 3 rings (SSSR count). The zero-order valence-corrected chi connectivity index (χ0v) is 12.0. The Balaban J connectivity index is 1.64. The smallest absolute Gasteiger partial charge is 0.328 e. The van der Waals surface area contributed by atoms with E-state index in [1.165, 1.54) is 6.42 Å². The van der Waals surface area contributed by atoms with E-state index in [1.807, 2.05) is 24.3 Å². The molecule has 4 heteroatoms. The standard InChI is InChI=1S/C17H20O4/c18-16(19)6-5-13-3-1-4-14(11-13)21-15-7-10-20-17(12-15)8-2-9-17/h1,3-6,11,15H,2,7-10,12H2,(H,18,19)/b6-5+. The third-order valence-corrected chi connectivity index (χ3v) is 4.29. The summed E-state index contributed by atoms with van der Waals surface area (Å²) in [6, 6.07) is 7.54. The van der Waals surface area contributed by atoms with Crippen molar-refractivity contribution >= 4 is 12.0 Å². The summed E-state index contributed by atoms with van der Waals surface area (Å²) in [5.41, 5.74) is 0.907. The lowest BCUT2D eigenvalue weighted by atomic mass is 9.74. The molecule has 112 valence electrons. The molecule has 21 heavy (non-hydrogen) atoms. The number of carboxylic acid groups (broad SMARTS) is 1. The first kappa shape index (κ1) is 14.1. The van der Waals surface area contributed by atoms with E-state index in [4.69, 9.17) is 14.6 Å². The zero-order valence-electron chi connectivity index (χ0n) is 12.0. The highest BCUT2D eigenvalue weighted by molar-refractivity contribution is 5.85. The molecule has 0 radical (unpaired) electrons. The van der Waals surface area contributed by atoms with Gasteiger partial charge in [-0.15, -0.1) is 0 Å². The molecular formula is C17H20O4. The van der Waals surface area contributed by atoms with Gasteiger partial charge in [0.25, 0.3) is 0 Å². The molecule has 1 saturated heterocycles. The first-order valence-electron chi connectivity index (χ1n) is 7.47. The van der Waals surface area contributed by atoms with E-state index in [1.54, 1.807) is 6.08 Å². The largest absolute Gasteiger partial charge is 0.490 e. The van der Waals surface area contributed by atoms with Crippen LogP contribution in [-0.4, -0.2) is 29.4 Å². The molecule has 4 nitrogen and oxygen atoms in total. The number of benzene rings is 1. The topological polar surface area (TPSA) is 55.8 Å². The number of rotatable bonds is 4. The molecule has 0 bridgehead atoms. The summed E-state index contributed by atoms with van der Waals surface area (Å²) in [6.45, 7) is 0.767. The highest BCUT2D eigenvalue weighted by Crippen LogP contribution is 2.43. The molecule has 1 aromatic carbocycles. The van der Waals surface area contributed by atoms with Crippen LogP contribution in [0.4, 0.5) is 0 Å². The highest BCUT2D eigenvalue weighted by atomic mass is 16.5. The summed E-state index contributed by atoms with van der Waals surface area (Å²) < 4.78 is 12.0. The molecule has 1 unspecified atom stereocenters. The van der Waals surface area contributed by atoms with E-state index in [2.05, 4.69) is 0 Å². The summed E-state index contributed by atoms with van der Waals surface area (Å²) in [6.07, 6.45) is 8.32. The molecule has 1 atom stereocenters. The van der Waals surface area contributed by atoms with Crippen molar-refractivity contribution in [3.8, 4) is 5.75 Å². The van der Waals surface area contributed by atoms with Crippen LogP contribution in [0.5, 0.6) is 5.75 Å². The second-order valence-electron chi connectivity index (χ2n) is 5.86. The maximum Gasteiger partial charge on any atom is 0.328 e. The number of hydrogen-bond donors (Lipinski definition) is 1. The van der Waals surface area contributed by atoms with Crippen LogP contribution in [0.2, 0.25) is 0 Å². The Morgan fingerprint density at radius 3 is 3.00 bits per heavy atom. The highest BCUT2D eigenvalue weighted by Gasteiger charge is 2.43. The van der Waals surface area contributed by atoms with Gasteiger partial charge in [0, 0.05) is 18.9 Å². The maximum atomic E-state index is 10.6. The van der Waals surface area contributed by atoms with Gasteiger partial charge >= 0.3 is 5.97 Å². The molecule has 1 aromatic rings. The summed E-state index contributed by atoms with van der Waals surface area (Å²) in [5, 5.41) is 8.66. The normalized spacial score (nSPS) is 23.9. The van der Waals surface area contributed by atoms with E-state index in [0.29, 0.717) is 0 Å². The van der Waals surface area contributed by atoms with Crippen molar-refractivity contribution in [3.05, 3.63) is 35.9 Å². The summed E-state index contributed by atoms with van der Waals surface area (Å²) in [7, 11) is 0. The van der Waals surface area contributed by atoms with Crippen LogP contribution in [0.15, 0.2) is 30.3 Å². The van der Waals surface area contributed by atoms with Crippen molar-refractivity contribution in [1.82, 2.24) is 0 Å². The number of hydrogen-bond acceptors (Lipinski definition) is 3. The van der Waals surface area contributed by atoms with E-state index < -0.39 is 5.97 Å². The van der Waals surface area contributed by atoms with E-state index in [0.717, 1.165) is 49.7 Å². The molecule has 2 aliphatic rings. The van der Waals surface area contributed by atoms with Crippen molar-refractivity contribution < 1.29 is 19.4 Å². The third kappa shape index (κ3) is 3.45. The molecule has 1 aliphatic carbocycles. The molecule has 2 fully saturated rings. The van der Waals surface area contributed by atoms with Gasteiger partial charge in [-0.2, -0.15) is 0 Å². The molecule has 1 heterocycles. The lowest BCUT2D eigenvalue weighted by molar-refractivity contribution is -0.153. The Bertz CT molecular complexity index is 545. The first-order valence-corrected chi connectivity index (χ1v) is 7.47. The molecule has 1 aliphatic heterocycles. The van der Waals surface area contributed by atoms with Gasteiger partial charge in [0.1, 0.15) is 11.9 Å². The predicted molar refractivity (Wildman–Crippen MR) is 79.3 cm³/mol. The lowest BCUT2D eigenvalue weighted by Crippen LogP contribution is -2.48. The minimum Gasteiger partial charge on any atom is -0.490 e. The number of aliphatic carboxylic acids is 1. The van der Waals surface area contributed by atoms with Gasteiger partial charge in [-0.1, -0.05) is 12.1 Å². The van der Waals surface area contributed by atoms with Crippen LogP contribution in [0.25, 0.3) is 6.08 Å². The van der Waals surface area contributed by atoms with E-state index in [-0.39, 0.29) is 11.7 Å². The monoisotopic (exact) mass is 288 g/mol. The van der Waals surface area contributed by atoms with Crippen molar-refractivity contribution in [3.63, 3.8) is 0 Å². The minimum atomic E-state index is -0.947. The van der Waals surface area contributed by atoms with E-state index in [9.17, 15) is 4.79 Å². The fourth-order valence-corrected chi connectivity index (χ4v) is 3.05. The van der Waals surface area contributed by atoms with Crippen LogP contribution in [0, 0.1) is 0 Å². The fourth-order valence-electron chi connectivity index (χ4n) is 3.05. The molecule has 1 saturated carbocycles. The predicted octanol–water partition coefficient (Wildman–Crippen LogP) is 3.26. The second kappa shape index (κ2) is 5.90. The summed E-state index contributed by atoms with van der Waals surface area (Å²) in [5.74, 6) is -0.151. The van der Waals surface area contributed by atoms with Gasteiger partial charge in [-0.3, -0.25) is 0 Å². The van der Waals surface area contributed by atoms with Crippen LogP contribution >= 0.6 is 0 Å². The van der Waals surface area contributed by atoms with Crippen LogP contribution in [0.3, 0.4) is 0 Å². The van der Waals surface area contributed by atoms with E-state index >= 15 is 0 Å². The van der Waals surface area contributed by atoms with Gasteiger partial charge in [0.05, 0.1) is 12.2 Å². The molecule has 0 amide bonds. The average molecular weight is 288 g/mol. The van der Waals surface area contributed by atoms with Gasteiger partial charge in [0.2, 0.25) is 0 Å². The van der Waals surface area contributed by atoms with Crippen molar-refractivity contribution in [1.29, 1.82) is 0 Å². The summed E-state index contributed by atoms with van der Waals surface area (Å²) >= 11 is 0. The Morgan fingerprint density at radius 2 is 2.29 bits per heavy atom. The Morgan fingerprint density at radius 1 is 1.43 bits per heavy atom. The maximum absolute atomic E-state index is 10.6. The summed E-state index contributed by atoms with van der Waals surface area (Å²) in [4.78, 5) is 10.6. The molecule has 0 aromatic heterocycles. The molecular weight excluding hydrogens is 268 g/mol. The Hall–Kier alpha value is -1.81. The average Bonchev–Trinajstić information content (AvgIpc) is 2.44. The van der Waals surface area contributed by atoms with Crippen LogP contribution in [-0.2, 0) is 9.53 Å². The molecule has 1 spiro atoms. The second-order valence-corrected chi connectivity index (χ2v) is 5.86. The van der Waals surface area contributed by atoms with Gasteiger partial charge in [-0.25, -0.2) is 4.79 Å². The number of carboxylic acids is 1. The third-order valence-electron chi connectivity index (χ3n) is 4.29. The minimum absolute atomic E-state index is 0.0732. The Labute approximate surface area is 124 Å². The van der Waals surface area contributed by atoms with Gasteiger partial charge < -0.3 is 14.6 Å². The van der Waals surface area contributed by atoms with Gasteiger partial charge in [0.15, 0.2) is 0 Å². The van der Waals surface area contributed by atoms with Crippen LogP contribution < -0.4 is 4.74 Å². The first-order chi connectivity index (χ1) is 10.2. The quantitative estimate of drug-likeness (QED) is 0.864. The van der Waals surface area contributed by atoms with Gasteiger partial charge in [-0.05, 0) is 43.0 Å². The Kier molecular flexibility index (Phi) is 3.97. The molecule has 1 N–H and O–H groups in total. The zero-order chi connectivity index (χ0) is 14.7. The van der Waals surface area contributed by atoms with Crippen molar-refractivity contribution in [2.75, 3.05) is 6.61 Å². The SMILES string of the molecule is O=C(O)/C=C/c1cccc(OC2CCOC3(CCC3)C2)c1.